The summed E-state index contributed by atoms with van der Waals surface area (Å²) in [6.07, 6.45) is 1.92. The number of aromatic nitrogens is 1. The molecule has 0 radical (unpaired) electrons. The van der Waals surface area contributed by atoms with E-state index in [1.807, 2.05) is 14.1 Å². The number of carbonyl (C=O) groups is 1. The molecule has 2 heterocycles. The maximum atomic E-state index is 13.1. The van der Waals surface area contributed by atoms with E-state index in [2.05, 4.69) is 9.88 Å². The van der Waals surface area contributed by atoms with Gasteiger partial charge in [0.25, 0.3) is 5.91 Å². The first-order valence-electron chi connectivity index (χ1n) is 5.76. The highest BCUT2D eigenvalue weighted by atomic mass is 35.5. The summed E-state index contributed by atoms with van der Waals surface area (Å²) in [6.45, 7) is 1.30. The number of pyridine rings is 1. The van der Waals surface area contributed by atoms with Crippen molar-refractivity contribution in [2.45, 2.75) is 12.5 Å². The summed E-state index contributed by atoms with van der Waals surface area (Å²) in [5.74, 6) is -0.803. The van der Waals surface area contributed by atoms with Crippen LogP contribution in [0.5, 0.6) is 0 Å². The molecule has 1 saturated heterocycles. The van der Waals surface area contributed by atoms with Crippen LogP contribution in [0.3, 0.4) is 0 Å². The first-order valence-corrected chi connectivity index (χ1v) is 6.13. The lowest BCUT2D eigenvalue weighted by molar-refractivity contribution is 0.0782. The van der Waals surface area contributed by atoms with E-state index in [0.29, 0.717) is 19.1 Å². The number of hydrogen-bond donors (Lipinski definition) is 0. The van der Waals surface area contributed by atoms with Gasteiger partial charge in [-0.25, -0.2) is 9.37 Å². The fourth-order valence-corrected chi connectivity index (χ4v) is 2.27. The lowest BCUT2D eigenvalue weighted by atomic mass is 10.2. The van der Waals surface area contributed by atoms with Crippen molar-refractivity contribution >= 4 is 17.5 Å². The average molecular weight is 272 g/mol. The molecule has 6 heteroatoms. The van der Waals surface area contributed by atoms with Crippen molar-refractivity contribution in [1.82, 2.24) is 14.8 Å². The Balaban J connectivity index is 2.15. The molecular formula is C12H15ClFN3O. The molecule has 18 heavy (non-hydrogen) atoms. The quantitative estimate of drug-likeness (QED) is 0.768. The minimum Gasteiger partial charge on any atom is -0.337 e. The maximum absolute atomic E-state index is 13.1. The van der Waals surface area contributed by atoms with E-state index in [4.69, 9.17) is 11.6 Å². The van der Waals surface area contributed by atoms with E-state index in [1.165, 1.54) is 0 Å². The van der Waals surface area contributed by atoms with Crippen molar-refractivity contribution in [3.05, 3.63) is 28.8 Å². The van der Waals surface area contributed by atoms with Crippen LogP contribution in [0.25, 0.3) is 0 Å². The van der Waals surface area contributed by atoms with Crippen LogP contribution < -0.4 is 0 Å². The van der Waals surface area contributed by atoms with Crippen LogP contribution in [-0.2, 0) is 0 Å². The number of nitrogens with zero attached hydrogens (tertiary/aromatic N) is 3. The zero-order chi connectivity index (χ0) is 13.3. The summed E-state index contributed by atoms with van der Waals surface area (Å²) in [4.78, 5) is 19.6. The number of hydrogen-bond acceptors (Lipinski definition) is 3. The highest BCUT2D eigenvalue weighted by Crippen LogP contribution is 2.20. The Labute approximate surface area is 110 Å². The van der Waals surface area contributed by atoms with Crippen molar-refractivity contribution in [3.8, 4) is 0 Å². The zero-order valence-corrected chi connectivity index (χ0v) is 11.1. The highest BCUT2D eigenvalue weighted by molar-refractivity contribution is 6.32. The molecule has 0 saturated carbocycles. The predicted octanol–water partition coefficient (Wildman–Crippen LogP) is 1.65. The van der Waals surface area contributed by atoms with Gasteiger partial charge in [0.15, 0.2) is 0 Å². The zero-order valence-electron chi connectivity index (χ0n) is 10.4. The molecule has 98 valence electrons. The summed E-state index contributed by atoms with van der Waals surface area (Å²) < 4.78 is 13.1. The molecule has 1 aromatic heterocycles. The molecule has 2 rings (SSSR count). The van der Waals surface area contributed by atoms with Crippen LogP contribution in [0.2, 0.25) is 5.15 Å². The second kappa shape index (κ2) is 5.20. The van der Waals surface area contributed by atoms with Gasteiger partial charge in [-0.2, -0.15) is 0 Å². The van der Waals surface area contributed by atoms with Gasteiger partial charge in [-0.05, 0) is 26.6 Å². The fraction of sp³-hybridized carbons (Fsp3) is 0.500. The molecule has 1 aliphatic heterocycles. The highest BCUT2D eigenvalue weighted by Gasteiger charge is 2.29. The van der Waals surface area contributed by atoms with Crippen LogP contribution in [-0.4, -0.2) is 53.9 Å². The number of likely N-dealkylation sites (tertiary alicyclic amines) is 1. The standard InChI is InChI=1S/C12H15ClFN3O/c1-16(2)9-3-4-17(7-9)12(18)10-5-8(14)6-15-11(10)13/h5-6,9H,3-4,7H2,1-2H3. The van der Waals surface area contributed by atoms with Crippen LogP contribution in [0, 0.1) is 5.82 Å². The SMILES string of the molecule is CN(C)C1CCN(C(=O)c2cc(F)cnc2Cl)C1. The molecule has 4 nitrogen and oxygen atoms in total. The number of likely N-dealkylation sites (N-methyl/N-ethyl adjacent to an activating group) is 1. The topological polar surface area (TPSA) is 36.4 Å². The summed E-state index contributed by atoms with van der Waals surface area (Å²) >= 11 is 5.83. The van der Waals surface area contributed by atoms with E-state index in [9.17, 15) is 9.18 Å². The molecule has 1 atom stereocenters. The molecule has 0 bridgehead atoms. The minimum absolute atomic E-state index is 0.0507. The van der Waals surface area contributed by atoms with Crippen LogP contribution >= 0.6 is 11.6 Å². The molecule has 0 spiro atoms. The van der Waals surface area contributed by atoms with Gasteiger partial charge in [0.2, 0.25) is 0 Å². The van der Waals surface area contributed by atoms with Crippen molar-refractivity contribution in [1.29, 1.82) is 0 Å². The normalized spacial score (nSPS) is 19.6. The first-order chi connectivity index (χ1) is 8.49. The van der Waals surface area contributed by atoms with Gasteiger partial charge < -0.3 is 9.80 Å². The molecule has 0 aliphatic carbocycles. The van der Waals surface area contributed by atoms with Crippen LogP contribution in [0.15, 0.2) is 12.3 Å². The third-order valence-electron chi connectivity index (χ3n) is 3.22. The summed E-state index contributed by atoms with van der Waals surface area (Å²) in [5.41, 5.74) is 0.135. The second-order valence-electron chi connectivity index (χ2n) is 4.65. The van der Waals surface area contributed by atoms with Crippen molar-refractivity contribution in [2.24, 2.45) is 0 Å². The Hall–Kier alpha value is -1.20. The minimum atomic E-state index is -0.550. The molecular weight excluding hydrogens is 257 g/mol. The van der Waals surface area contributed by atoms with E-state index in [0.717, 1.165) is 18.7 Å². The first kappa shape index (κ1) is 13.2. The number of amides is 1. The van der Waals surface area contributed by atoms with Gasteiger partial charge in [-0.15, -0.1) is 0 Å². The van der Waals surface area contributed by atoms with Gasteiger partial charge >= 0.3 is 0 Å². The molecule has 1 amide bonds. The molecule has 1 unspecified atom stereocenters. The van der Waals surface area contributed by atoms with Crippen molar-refractivity contribution in [2.75, 3.05) is 27.2 Å². The third-order valence-corrected chi connectivity index (χ3v) is 3.52. The van der Waals surface area contributed by atoms with Gasteiger partial charge in [0.05, 0.1) is 11.8 Å². The Morgan fingerprint density at radius 2 is 2.33 bits per heavy atom. The summed E-state index contributed by atoms with van der Waals surface area (Å²) in [5, 5.41) is 0.0507. The fourth-order valence-electron chi connectivity index (χ4n) is 2.09. The Morgan fingerprint density at radius 3 is 2.94 bits per heavy atom. The monoisotopic (exact) mass is 271 g/mol. The van der Waals surface area contributed by atoms with Gasteiger partial charge in [-0.3, -0.25) is 4.79 Å². The predicted molar refractivity (Wildman–Crippen MR) is 67.2 cm³/mol. The molecule has 0 aromatic carbocycles. The number of carbonyl (C=O) groups excluding carboxylic acids is 1. The maximum Gasteiger partial charge on any atom is 0.257 e. The number of halogens is 2. The molecule has 1 aliphatic rings. The molecule has 1 aromatic rings. The number of rotatable bonds is 2. The third kappa shape index (κ3) is 2.62. The smallest absolute Gasteiger partial charge is 0.257 e. The Kier molecular flexibility index (Phi) is 3.82. The van der Waals surface area contributed by atoms with E-state index in [-0.39, 0.29) is 16.6 Å². The van der Waals surface area contributed by atoms with Crippen LogP contribution in [0.1, 0.15) is 16.8 Å². The second-order valence-corrected chi connectivity index (χ2v) is 5.01. The van der Waals surface area contributed by atoms with Crippen LogP contribution in [0.4, 0.5) is 4.39 Å². The van der Waals surface area contributed by atoms with Gasteiger partial charge in [-0.1, -0.05) is 11.6 Å². The van der Waals surface area contributed by atoms with Crippen molar-refractivity contribution < 1.29 is 9.18 Å². The molecule has 1 fully saturated rings. The van der Waals surface area contributed by atoms with E-state index in [1.54, 1.807) is 4.90 Å². The lowest BCUT2D eigenvalue weighted by Crippen LogP contribution is -2.34. The largest absolute Gasteiger partial charge is 0.337 e. The van der Waals surface area contributed by atoms with Gasteiger partial charge in [0, 0.05) is 19.1 Å². The van der Waals surface area contributed by atoms with Gasteiger partial charge in [0.1, 0.15) is 11.0 Å². The summed E-state index contributed by atoms with van der Waals surface area (Å²) in [6, 6.07) is 1.48. The van der Waals surface area contributed by atoms with E-state index >= 15 is 0 Å². The Morgan fingerprint density at radius 1 is 1.61 bits per heavy atom. The molecule has 0 N–H and O–H groups in total. The van der Waals surface area contributed by atoms with E-state index < -0.39 is 5.82 Å². The lowest BCUT2D eigenvalue weighted by Gasteiger charge is -2.20. The summed E-state index contributed by atoms with van der Waals surface area (Å²) in [7, 11) is 3.96. The Bertz CT molecular complexity index is 467. The van der Waals surface area contributed by atoms with Crippen molar-refractivity contribution in [3.63, 3.8) is 0 Å². The average Bonchev–Trinajstić information content (AvgIpc) is 2.81.